The SMILES string of the molecule is O=C(O)CSC(=S)CCCCCCC(=S)S. The Labute approximate surface area is 117 Å². The maximum atomic E-state index is 10.3. The van der Waals surface area contributed by atoms with E-state index in [-0.39, 0.29) is 5.75 Å². The largest absolute Gasteiger partial charge is 0.481 e. The number of thioether (sulfide) groups is 1. The first-order valence-corrected chi connectivity index (χ1v) is 7.36. The van der Waals surface area contributed by atoms with E-state index in [4.69, 9.17) is 29.5 Å². The average molecular weight is 297 g/mol. The summed E-state index contributed by atoms with van der Waals surface area (Å²) in [5.41, 5.74) is 0. The molecule has 0 atom stereocenters. The zero-order valence-corrected chi connectivity index (χ0v) is 12.3. The van der Waals surface area contributed by atoms with Crippen LogP contribution in [0.4, 0.5) is 0 Å². The van der Waals surface area contributed by atoms with Crippen molar-refractivity contribution in [3.63, 3.8) is 0 Å². The molecule has 6 heteroatoms. The van der Waals surface area contributed by atoms with E-state index in [0.717, 1.165) is 46.9 Å². The number of carbonyl (C=O) groups is 1. The first-order valence-electron chi connectivity index (χ1n) is 5.11. The van der Waals surface area contributed by atoms with Crippen molar-refractivity contribution in [1.29, 1.82) is 0 Å². The van der Waals surface area contributed by atoms with E-state index in [1.807, 2.05) is 0 Å². The minimum absolute atomic E-state index is 0.0761. The molecule has 0 saturated carbocycles. The summed E-state index contributed by atoms with van der Waals surface area (Å²) in [6.07, 6.45) is 6.09. The van der Waals surface area contributed by atoms with Crippen LogP contribution in [0.3, 0.4) is 0 Å². The fraction of sp³-hybridized carbons (Fsp3) is 0.700. The van der Waals surface area contributed by atoms with Crippen LogP contribution in [0.15, 0.2) is 0 Å². The van der Waals surface area contributed by atoms with Gasteiger partial charge in [-0.1, -0.05) is 37.3 Å². The summed E-state index contributed by atoms with van der Waals surface area (Å²) >= 11 is 15.2. The molecule has 0 unspecified atom stereocenters. The van der Waals surface area contributed by atoms with Crippen LogP contribution in [0.25, 0.3) is 0 Å². The third kappa shape index (κ3) is 12.4. The first-order chi connectivity index (χ1) is 7.52. The van der Waals surface area contributed by atoms with Crippen molar-refractivity contribution in [3.05, 3.63) is 0 Å². The van der Waals surface area contributed by atoms with Gasteiger partial charge in [-0.15, -0.1) is 24.4 Å². The molecule has 0 aliphatic heterocycles. The second kappa shape index (κ2) is 10.5. The lowest BCUT2D eigenvalue weighted by atomic mass is 10.1. The van der Waals surface area contributed by atoms with Crippen molar-refractivity contribution in [2.75, 3.05) is 5.75 Å². The molecule has 0 amide bonds. The third-order valence-electron chi connectivity index (χ3n) is 1.88. The van der Waals surface area contributed by atoms with Crippen molar-refractivity contribution in [1.82, 2.24) is 0 Å². The highest BCUT2D eigenvalue weighted by atomic mass is 32.2. The van der Waals surface area contributed by atoms with Gasteiger partial charge in [0.1, 0.15) is 0 Å². The van der Waals surface area contributed by atoms with Crippen molar-refractivity contribution < 1.29 is 9.90 Å². The van der Waals surface area contributed by atoms with Crippen LogP contribution < -0.4 is 0 Å². The fourth-order valence-corrected chi connectivity index (χ4v) is 2.31. The molecule has 2 nitrogen and oxygen atoms in total. The highest BCUT2D eigenvalue weighted by molar-refractivity contribution is 8.23. The van der Waals surface area contributed by atoms with Crippen molar-refractivity contribution in [2.24, 2.45) is 0 Å². The topological polar surface area (TPSA) is 37.3 Å². The second-order valence-corrected chi connectivity index (χ2v) is 6.52. The van der Waals surface area contributed by atoms with E-state index in [1.165, 1.54) is 11.8 Å². The molecule has 0 aromatic carbocycles. The first kappa shape index (κ1) is 16.4. The number of hydrogen-bond donors (Lipinski definition) is 2. The molecule has 16 heavy (non-hydrogen) atoms. The maximum absolute atomic E-state index is 10.3. The standard InChI is InChI=1S/C10H16O2S4/c11-8(12)7-16-10(15)6-4-2-1-3-5-9(13)14/h1-7H2,(H,11,12)(H,13,14). The summed E-state index contributed by atoms with van der Waals surface area (Å²) in [5.74, 6) is -0.734. The van der Waals surface area contributed by atoms with Gasteiger partial charge in [-0.05, 0) is 25.7 Å². The van der Waals surface area contributed by atoms with Gasteiger partial charge in [0.15, 0.2) is 0 Å². The molecule has 0 aliphatic rings. The Hall–Kier alpha value is 0.350. The summed E-state index contributed by atoms with van der Waals surface area (Å²) in [7, 11) is 0. The van der Waals surface area contributed by atoms with Crippen LogP contribution in [0.5, 0.6) is 0 Å². The summed E-state index contributed by atoms with van der Waals surface area (Å²) in [5, 5.41) is 8.46. The number of aliphatic carboxylic acids is 1. The molecule has 1 N–H and O–H groups in total. The summed E-state index contributed by atoms with van der Waals surface area (Å²) < 4.78 is 1.57. The summed E-state index contributed by atoms with van der Waals surface area (Å²) in [6.45, 7) is 0. The molecule has 0 heterocycles. The number of thiol groups is 1. The molecule has 0 aromatic heterocycles. The van der Waals surface area contributed by atoms with Crippen molar-refractivity contribution in [2.45, 2.75) is 38.5 Å². The van der Waals surface area contributed by atoms with E-state index in [1.54, 1.807) is 0 Å². The number of thiocarbonyl (C=S) groups is 2. The van der Waals surface area contributed by atoms with E-state index >= 15 is 0 Å². The van der Waals surface area contributed by atoms with Crippen LogP contribution in [0, 0.1) is 0 Å². The minimum atomic E-state index is -0.811. The Kier molecular flexibility index (Phi) is 10.7. The van der Waals surface area contributed by atoms with E-state index < -0.39 is 5.97 Å². The van der Waals surface area contributed by atoms with Gasteiger partial charge < -0.3 is 5.11 Å². The maximum Gasteiger partial charge on any atom is 0.313 e. The normalized spacial score (nSPS) is 10.1. The number of hydrogen-bond acceptors (Lipinski definition) is 4. The second-order valence-electron chi connectivity index (χ2n) is 3.36. The van der Waals surface area contributed by atoms with E-state index in [0.29, 0.717) is 0 Å². The predicted octanol–water partition coefficient (Wildman–Crippen LogP) is 3.73. The molecule has 0 fully saturated rings. The third-order valence-corrected chi connectivity index (χ3v) is 3.78. The van der Waals surface area contributed by atoms with Crippen LogP contribution in [-0.2, 0) is 4.79 Å². The van der Waals surface area contributed by atoms with Gasteiger partial charge in [0.05, 0.1) is 5.75 Å². The molecule has 0 aliphatic carbocycles. The highest BCUT2D eigenvalue weighted by Crippen LogP contribution is 2.13. The minimum Gasteiger partial charge on any atom is -0.481 e. The van der Waals surface area contributed by atoms with E-state index in [9.17, 15) is 4.79 Å². The summed E-state index contributed by atoms with van der Waals surface area (Å²) in [6, 6.07) is 0. The lowest BCUT2D eigenvalue weighted by molar-refractivity contribution is -0.133. The Balaban J connectivity index is 3.27. The highest BCUT2D eigenvalue weighted by Gasteiger charge is 2.02. The zero-order valence-electron chi connectivity index (χ0n) is 8.98. The number of carboxylic acid groups (broad SMARTS) is 1. The zero-order chi connectivity index (χ0) is 12.4. The van der Waals surface area contributed by atoms with Gasteiger partial charge in [0.2, 0.25) is 0 Å². The van der Waals surface area contributed by atoms with E-state index in [2.05, 4.69) is 12.6 Å². The van der Waals surface area contributed by atoms with Gasteiger partial charge in [-0.2, -0.15) is 0 Å². The van der Waals surface area contributed by atoms with Gasteiger partial charge in [-0.3, -0.25) is 4.79 Å². The molecular formula is C10H16O2S4. The van der Waals surface area contributed by atoms with Gasteiger partial charge in [0, 0.05) is 8.39 Å². The van der Waals surface area contributed by atoms with Crippen molar-refractivity contribution >= 4 is 63.2 Å². The Morgan fingerprint density at radius 3 is 2.19 bits per heavy atom. The van der Waals surface area contributed by atoms with Gasteiger partial charge in [-0.25, -0.2) is 0 Å². The smallest absolute Gasteiger partial charge is 0.313 e. The van der Waals surface area contributed by atoms with Crippen LogP contribution in [0.1, 0.15) is 38.5 Å². The van der Waals surface area contributed by atoms with Crippen LogP contribution in [0.2, 0.25) is 0 Å². The van der Waals surface area contributed by atoms with Crippen LogP contribution >= 0.6 is 48.8 Å². The molecule has 0 spiro atoms. The molecule has 0 saturated heterocycles. The Morgan fingerprint density at radius 2 is 1.69 bits per heavy atom. The lowest BCUT2D eigenvalue weighted by Gasteiger charge is -2.02. The lowest BCUT2D eigenvalue weighted by Crippen LogP contribution is -2.01. The predicted molar refractivity (Wildman–Crippen MR) is 82.0 cm³/mol. The van der Waals surface area contributed by atoms with Crippen LogP contribution in [-0.4, -0.2) is 25.2 Å². The molecule has 0 aromatic rings. The Morgan fingerprint density at radius 1 is 1.12 bits per heavy atom. The fourth-order valence-electron chi connectivity index (χ4n) is 1.11. The molecule has 0 bridgehead atoms. The van der Waals surface area contributed by atoms with Gasteiger partial charge in [0.25, 0.3) is 0 Å². The molecular weight excluding hydrogens is 280 g/mol. The average Bonchev–Trinajstić information content (AvgIpc) is 2.19. The van der Waals surface area contributed by atoms with Gasteiger partial charge >= 0.3 is 5.97 Å². The monoisotopic (exact) mass is 296 g/mol. The number of carboxylic acids is 1. The number of unbranched alkanes of at least 4 members (excludes halogenated alkanes) is 3. The molecule has 0 radical (unpaired) electrons. The quantitative estimate of drug-likeness (QED) is 0.385. The molecule has 92 valence electrons. The summed E-state index contributed by atoms with van der Waals surface area (Å²) in [4.78, 5) is 10.3. The van der Waals surface area contributed by atoms with Crippen molar-refractivity contribution in [3.8, 4) is 0 Å². The molecule has 0 rings (SSSR count). The Bertz CT molecular complexity index is 253. The number of rotatable bonds is 9.